The zero-order chi connectivity index (χ0) is 20.3. The third-order valence-corrected chi connectivity index (χ3v) is 6.10. The molecule has 2 N–H and O–H groups in total. The van der Waals surface area contributed by atoms with Crippen molar-refractivity contribution in [1.82, 2.24) is 15.1 Å². The van der Waals surface area contributed by atoms with Crippen molar-refractivity contribution in [1.29, 1.82) is 5.26 Å². The van der Waals surface area contributed by atoms with Gasteiger partial charge in [0.1, 0.15) is 34.6 Å². The van der Waals surface area contributed by atoms with Crippen LogP contribution in [0.3, 0.4) is 0 Å². The number of aromatic nitrogens is 2. The normalized spacial score (nSPS) is 17.7. The Morgan fingerprint density at radius 3 is 2.28 bits per heavy atom. The number of halogens is 2. The molecule has 5 rings (SSSR count). The zero-order valence-corrected chi connectivity index (χ0v) is 19.3. The number of para-hydroxylation sites is 1. The maximum Gasteiger partial charge on any atom is 0.143 e. The molecule has 1 aromatic heterocycles. The molecular weight excluding hydrogens is 445 g/mol. The maximum atomic E-state index is 9.89. The van der Waals surface area contributed by atoms with E-state index in [2.05, 4.69) is 21.4 Å². The molecule has 6 nitrogen and oxygen atoms in total. The lowest BCUT2D eigenvalue weighted by Crippen LogP contribution is -2.36. The Bertz CT molecular complexity index is 1060. The van der Waals surface area contributed by atoms with E-state index in [9.17, 15) is 5.26 Å². The summed E-state index contributed by atoms with van der Waals surface area (Å²) < 4.78 is 7.98. The van der Waals surface area contributed by atoms with Crippen LogP contribution in [0, 0.1) is 17.2 Å². The van der Waals surface area contributed by atoms with Crippen LogP contribution in [0.1, 0.15) is 30.9 Å². The van der Waals surface area contributed by atoms with Gasteiger partial charge in [0.15, 0.2) is 0 Å². The highest BCUT2D eigenvalue weighted by Gasteiger charge is 2.32. The summed E-state index contributed by atoms with van der Waals surface area (Å²) in [6.45, 7) is 3.01. The Kier molecular flexibility index (Phi) is 8.03. The number of nitriles is 1. The molecule has 0 radical (unpaired) electrons. The number of benzene rings is 2. The highest BCUT2D eigenvalue weighted by atomic mass is 35.5. The summed E-state index contributed by atoms with van der Waals surface area (Å²) in [6.07, 6.45) is 3.37. The molecule has 2 aromatic carbocycles. The second-order valence-corrected chi connectivity index (χ2v) is 7.94. The van der Waals surface area contributed by atoms with Crippen LogP contribution in [0.25, 0.3) is 11.3 Å². The highest BCUT2D eigenvalue weighted by molar-refractivity contribution is 5.85. The average Bonchev–Trinajstić information content (AvgIpc) is 3.19. The number of nitrogens with one attached hydrogen (secondary N) is 2. The Morgan fingerprint density at radius 1 is 0.906 bits per heavy atom. The van der Waals surface area contributed by atoms with E-state index in [1.165, 1.54) is 0 Å². The van der Waals surface area contributed by atoms with E-state index in [-0.39, 0.29) is 24.8 Å². The lowest BCUT2D eigenvalue weighted by molar-refractivity contribution is 0.231. The summed E-state index contributed by atoms with van der Waals surface area (Å²) >= 11 is 0. The van der Waals surface area contributed by atoms with Gasteiger partial charge in [0.05, 0.1) is 6.04 Å². The number of hydrogen-bond acceptors (Lipinski definition) is 5. The van der Waals surface area contributed by atoms with Crippen LogP contribution in [-0.4, -0.2) is 29.4 Å². The quantitative estimate of drug-likeness (QED) is 0.531. The maximum absolute atomic E-state index is 9.89. The van der Waals surface area contributed by atoms with E-state index in [4.69, 9.17) is 9.84 Å². The lowest BCUT2D eigenvalue weighted by Gasteiger charge is -2.34. The molecule has 1 saturated heterocycles. The smallest absolute Gasteiger partial charge is 0.143 e. The van der Waals surface area contributed by atoms with Gasteiger partial charge < -0.3 is 15.4 Å². The molecule has 1 fully saturated rings. The second kappa shape index (κ2) is 10.7. The summed E-state index contributed by atoms with van der Waals surface area (Å²) in [5.41, 5.74) is 2.30. The van der Waals surface area contributed by atoms with E-state index in [0.717, 1.165) is 67.5 Å². The number of nitrogens with zero attached hydrogens (tertiary/aromatic N) is 3. The summed E-state index contributed by atoms with van der Waals surface area (Å²) in [7, 11) is 0. The van der Waals surface area contributed by atoms with Gasteiger partial charge in [0.2, 0.25) is 0 Å². The number of rotatable bonds is 4. The Labute approximate surface area is 200 Å². The van der Waals surface area contributed by atoms with Gasteiger partial charge in [-0.2, -0.15) is 10.4 Å². The Balaban J connectivity index is 0.00000144. The lowest BCUT2D eigenvalue weighted by atomic mass is 9.87. The van der Waals surface area contributed by atoms with Gasteiger partial charge in [-0.3, -0.25) is 0 Å². The molecule has 0 aliphatic carbocycles. The minimum absolute atomic E-state index is 0. The Hall–Kier alpha value is -2.72. The van der Waals surface area contributed by atoms with Gasteiger partial charge in [-0.05, 0) is 74.7 Å². The van der Waals surface area contributed by atoms with Crippen molar-refractivity contribution in [3.63, 3.8) is 0 Å². The molecular formula is C24H27Cl2N5O. The molecule has 3 aromatic rings. The predicted octanol–water partition coefficient (Wildman–Crippen LogP) is 5.41. The summed E-state index contributed by atoms with van der Waals surface area (Å²) in [4.78, 5) is 0. The molecule has 2 aliphatic rings. The fourth-order valence-corrected chi connectivity index (χ4v) is 4.58. The number of anilines is 1. The Morgan fingerprint density at radius 2 is 1.59 bits per heavy atom. The molecule has 8 heteroatoms. The molecule has 2 aliphatic heterocycles. The van der Waals surface area contributed by atoms with E-state index in [1.807, 2.05) is 54.6 Å². The fraction of sp³-hybridized carbons (Fsp3) is 0.333. The molecule has 3 heterocycles. The summed E-state index contributed by atoms with van der Waals surface area (Å²) in [6, 6.07) is 20.3. The van der Waals surface area contributed by atoms with E-state index in [1.54, 1.807) is 0 Å². The van der Waals surface area contributed by atoms with Crippen molar-refractivity contribution < 1.29 is 4.74 Å². The highest BCUT2D eigenvalue weighted by Crippen LogP contribution is 2.39. The van der Waals surface area contributed by atoms with Crippen LogP contribution < -0.4 is 15.4 Å². The van der Waals surface area contributed by atoms with E-state index >= 15 is 0 Å². The van der Waals surface area contributed by atoms with Crippen molar-refractivity contribution >= 4 is 30.6 Å². The molecule has 0 saturated carbocycles. The third-order valence-electron chi connectivity index (χ3n) is 6.10. The van der Waals surface area contributed by atoms with E-state index in [0.29, 0.717) is 17.5 Å². The SMILES string of the molecule is Cl.Cl.N#Cc1c(-c2ccc(Oc3ccccc3)cc2)nn2c1NCC[C@H]2C1CCNCC1. The van der Waals surface area contributed by atoms with Crippen molar-refractivity contribution in [3.8, 4) is 28.8 Å². The van der Waals surface area contributed by atoms with Crippen molar-refractivity contribution in [2.45, 2.75) is 25.3 Å². The molecule has 168 valence electrons. The minimum Gasteiger partial charge on any atom is -0.457 e. The molecule has 1 atom stereocenters. The molecule has 32 heavy (non-hydrogen) atoms. The molecule has 0 spiro atoms. The van der Waals surface area contributed by atoms with Crippen molar-refractivity contribution in [2.24, 2.45) is 5.92 Å². The summed E-state index contributed by atoms with van der Waals surface area (Å²) in [5.74, 6) is 3.03. The van der Waals surface area contributed by atoms with Crippen LogP contribution in [-0.2, 0) is 0 Å². The average molecular weight is 472 g/mol. The van der Waals surface area contributed by atoms with Gasteiger partial charge in [-0.25, -0.2) is 4.68 Å². The van der Waals surface area contributed by atoms with Crippen LogP contribution in [0.15, 0.2) is 54.6 Å². The molecule has 0 bridgehead atoms. The van der Waals surface area contributed by atoms with Gasteiger partial charge in [-0.1, -0.05) is 18.2 Å². The fourth-order valence-electron chi connectivity index (χ4n) is 4.58. The second-order valence-electron chi connectivity index (χ2n) is 7.94. The minimum atomic E-state index is 0. The van der Waals surface area contributed by atoms with Crippen LogP contribution >= 0.6 is 24.8 Å². The van der Waals surface area contributed by atoms with Crippen LogP contribution in [0.4, 0.5) is 5.82 Å². The van der Waals surface area contributed by atoms with E-state index < -0.39 is 0 Å². The van der Waals surface area contributed by atoms with Gasteiger partial charge in [0, 0.05) is 12.1 Å². The van der Waals surface area contributed by atoms with Crippen LogP contribution in [0.5, 0.6) is 11.5 Å². The first kappa shape index (κ1) is 23.9. The predicted molar refractivity (Wildman–Crippen MR) is 131 cm³/mol. The molecule has 0 unspecified atom stereocenters. The monoisotopic (exact) mass is 471 g/mol. The van der Waals surface area contributed by atoms with Gasteiger partial charge >= 0.3 is 0 Å². The largest absolute Gasteiger partial charge is 0.457 e. The first-order valence-corrected chi connectivity index (χ1v) is 10.6. The van der Waals surface area contributed by atoms with Crippen LogP contribution in [0.2, 0.25) is 0 Å². The zero-order valence-electron chi connectivity index (χ0n) is 17.7. The van der Waals surface area contributed by atoms with Crippen molar-refractivity contribution in [2.75, 3.05) is 25.0 Å². The topological polar surface area (TPSA) is 74.9 Å². The number of fused-ring (bicyclic) bond motifs is 1. The summed E-state index contributed by atoms with van der Waals surface area (Å²) in [5, 5.41) is 21.7. The first-order chi connectivity index (χ1) is 14.8. The van der Waals surface area contributed by atoms with Crippen molar-refractivity contribution in [3.05, 3.63) is 60.2 Å². The van der Waals surface area contributed by atoms with Gasteiger partial charge in [0.25, 0.3) is 0 Å². The third kappa shape index (κ3) is 4.71. The standard InChI is InChI=1S/C24H25N5O.2ClH/c25-16-21-23(18-6-8-20(9-7-18)30-19-4-2-1-3-5-19)28-29-22(12-15-27-24(21)29)17-10-13-26-14-11-17;;/h1-9,17,22,26-27H,10-15H2;2*1H/t22-;;/m0../s1. The number of piperidine rings is 1. The first-order valence-electron chi connectivity index (χ1n) is 10.6. The number of ether oxygens (including phenoxy) is 1. The molecule has 0 amide bonds. The number of hydrogen-bond donors (Lipinski definition) is 2. The van der Waals surface area contributed by atoms with Gasteiger partial charge in [-0.15, -0.1) is 24.8 Å².